The van der Waals surface area contributed by atoms with Crippen molar-refractivity contribution in [1.29, 1.82) is 0 Å². The van der Waals surface area contributed by atoms with E-state index in [2.05, 4.69) is 11.9 Å². The van der Waals surface area contributed by atoms with Gasteiger partial charge in [-0.1, -0.05) is 6.08 Å². The number of ether oxygens (including phenoxy) is 1. The molecule has 0 bridgehead atoms. The molecule has 0 aromatic carbocycles. The van der Waals surface area contributed by atoms with Crippen molar-refractivity contribution in [2.75, 3.05) is 0 Å². The summed E-state index contributed by atoms with van der Waals surface area (Å²) in [5.41, 5.74) is -0.759. The van der Waals surface area contributed by atoms with Gasteiger partial charge in [-0.2, -0.15) is 0 Å². The summed E-state index contributed by atoms with van der Waals surface area (Å²) in [7, 11) is 0. The van der Waals surface area contributed by atoms with Crippen molar-refractivity contribution in [3.63, 3.8) is 0 Å². The van der Waals surface area contributed by atoms with Crippen molar-refractivity contribution >= 4 is 17.8 Å². The minimum absolute atomic E-state index is 0.0551. The van der Waals surface area contributed by atoms with E-state index < -0.39 is 35.4 Å². The van der Waals surface area contributed by atoms with Crippen molar-refractivity contribution in [3.05, 3.63) is 12.7 Å². The lowest BCUT2D eigenvalue weighted by atomic mass is 9.95. The first-order chi connectivity index (χ1) is 8.58. The summed E-state index contributed by atoms with van der Waals surface area (Å²) in [5.74, 6) is -3.55. The molecule has 0 saturated heterocycles. The average molecular weight is 271 g/mol. The maximum absolute atomic E-state index is 12.0. The van der Waals surface area contributed by atoms with Gasteiger partial charge in [0.2, 0.25) is 5.91 Å². The van der Waals surface area contributed by atoms with E-state index in [9.17, 15) is 14.4 Å². The number of amides is 1. The minimum Gasteiger partial charge on any atom is -0.481 e. The fourth-order valence-electron chi connectivity index (χ4n) is 1.47. The Bertz CT molecular complexity index is 370. The lowest BCUT2D eigenvalue weighted by Gasteiger charge is -2.27. The fourth-order valence-corrected chi connectivity index (χ4v) is 1.47. The van der Waals surface area contributed by atoms with E-state index in [0.717, 1.165) is 0 Å². The second kappa shape index (κ2) is 6.92. The van der Waals surface area contributed by atoms with Crippen molar-refractivity contribution < 1.29 is 24.2 Å². The van der Waals surface area contributed by atoms with Gasteiger partial charge in [0.25, 0.3) is 0 Å². The summed E-state index contributed by atoms with van der Waals surface area (Å²) in [6.45, 7) is 9.66. The number of carboxylic acids is 1. The zero-order valence-electron chi connectivity index (χ0n) is 11.7. The molecule has 0 fully saturated rings. The van der Waals surface area contributed by atoms with Gasteiger partial charge in [-0.05, 0) is 27.2 Å². The van der Waals surface area contributed by atoms with Crippen molar-refractivity contribution in [1.82, 2.24) is 5.32 Å². The standard InChI is InChI=1S/C13H21NO5/c1-6-7-9(11(16)17)10(14-8(2)15)12(18)19-13(3,4)5/h6,9-10H,1,7H2,2-5H3,(H,14,15)(H,16,17)/t9?,10-/m0/s1. The summed E-state index contributed by atoms with van der Waals surface area (Å²) in [6, 6.07) is -1.23. The van der Waals surface area contributed by atoms with Crippen molar-refractivity contribution in [2.45, 2.75) is 45.8 Å². The number of hydrogen-bond donors (Lipinski definition) is 2. The highest BCUT2D eigenvalue weighted by atomic mass is 16.6. The Hall–Kier alpha value is -1.85. The minimum atomic E-state index is -1.23. The van der Waals surface area contributed by atoms with Gasteiger partial charge >= 0.3 is 11.9 Å². The van der Waals surface area contributed by atoms with Crippen LogP contribution in [-0.4, -0.2) is 34.6 Å². The van der Waals surface area contributed by atoms with Gasteiger partial charge in [0, 0.05) is 6.92 Å². The fraction of sp³-hybridized carbons (Fsp3) is 0.615. The Labute approximate surface area is 112 Å². The maximum atomic E-state index is 12.0. The molecule has 6 nitrogen and oxygen atoms in total. The van der Waals surface area contributed by atoms with E-state index in [1.807, 2.05) is 0 Å². The molecule has 0 saturated carbocycles. The summed E-state index contributed by atoms with van der Waals surface area (Å²) < 4.78 is 5.13. The van der Waals surface area contributed by atoms with E-state index in [1.54, 1.807) is 20.8 Å². The first-order valence-corrected chi connectivity index (χ1v) is 5.92. The number of allylic oxidation sites excluding steroid dienone is 1. The van der Waals surface area contributed by atoms with Gasteiger partial charge in [0.15, 0.2) is 0 Å². The van der Waals surface area contributed by atoms with Crippen LogP contribution in [0.5, 0.6) is 0 Å². The van der Waals surface area contributed by atoms with Gasteiger partial charge in [-0.15, -0.1) is 6.58 Å². The lowest BCUT2D eigenvalue weighted by molar-refractivity contribution is -0.164. The predicted molar refractivity (Wildman–Crippen MR) is 69.4 cm³/mol. The first-order valence-electron chi connectivity index (χ1n) is 5.92. The molecular weight excluding hydrogens is 250 g/mol. The van der Waals surface area contributed by atoms with E-state index in [0.29, 0.717) is 0 Å². The second-order valence-corrected chi connectivity index (χ2v) is 5.18. The molecular formula is C13H21NO5. The topological polar surface area (TPSA) is 92.7 Å². The Morgan fingerprint density at radius 1 is 1.37 bits per heavy atom. The zero-order valence-corrected chi connectivity index (χ0v) is 11.7. The molecule has 2 atom stereocenters. The first kappa shape index (κ1) is 17.2. The normalized spacial score (nSPS) is 14.1. The number of aliphatic carboxylic acids is 1. The molecule has 0 heterocycles. The van der Waals surface area contributed by atoms with Gasteiger partial charge in [0.1, 0.15) is 11.6 Å². The summed E-state index contributed by atoms with van der Waals surface area (Å²) >= 11 is 0. The van der Waals surface area contributed by atoms with Crippen LogP contribution >= 0.6 is 0 Å². The zero-order chi connectivity index (χ0) is 15.2. The van der Waals surface area contributed by atoms with Gasteiger partial charge in [0.05, 0.1) is 5.92 Å². The van der Waals surface area contributed by atoms with E-state index in [-0.39, 0.29) is 6.42 Å². The smallest absolute Gasteiger partial charge is 0.330 e. The van der Waals surface area contributed by atoms with Crippen LogP contribution in [0.1, 0.15) is 34.1 Å². The van der Waals surface area contributed by atoms with Crippen LogP contribution in [0.4, 0.5) is 0 Å². The molecule has 19 heavy (non-hydrogen) atoms. The molecule has 1 amide bonds. The SMILES string of the molecule is C=CCC(C(=O)O)[C@H](NC(C)=O)C(=O)OC(C)(C)C. The highest BCUT2D eigenvalue weighted by molar-refractivity contribution is 5.88. The number of rotatable bonds is 6. The Balaban J connectivity index is 5.16. The third kappa shape index (κ3) is 6.59. The van der Waals surface area contributed by atoms with Gasteiger partial charge < -0.3 is 15.2 Å². The number of carboxylic acid groups (broad SMARTS) is 1. The molecule has 0 aliphatic rings. The Morgan fingerprint density at radius 2 is 1.89 bits per heavy atom. The average Bonchev–Trinajstić information content (AvgIpc) is 2.19. The van der Waals surface area contributed by atoms with E-state index >= 15 is 0 Å². The van der Waals surface area contributed by atoms with Crippen molar-refractivity contribution in [3.8, 4) is 0 Å². The van der Waals surface area contributed by atoms with Crippen LogP contribution in [0.2, 0.25) is 0 Å². The second-order valence-electron chi connectivity index (χ2n) is 5.18. The number of hydrogen-bond acceptors (Lipinski definition) is 4. The highest BCUT2D eigenvalue weighted by Gasteiger charge is 2.36. The third-order valence-corrected chi connectivity index (χ3v) is 2.16. The highest BCUT2D eigenvalue weighted by Crippen LogP contribution is 2.16. The third-order valence-electron chi connectivity index (χ3n) is 2.16. The largest absolute Gasteiger partial charge is 0.481 e. The summed E-state index contributed by atoms with van der Waals surface area (Å²) in [6.07, 6.45) is 1.44. The lowest BCUT2D eigenvalue weighted by Crippen LogP contribution is -2.50. The molecule has 0 aliphatic carbocycles. The molecule has 2 N–H and O–H groups in total. The van der Waals surface area contributed by atoms with Crippen LogP contribution in [-0.2, 0) is 19.1 Å². The van der Waals surface area contributed by atoms with Gasteiger partial charge in [-0.3, -0.25) is 9.59 Å². The molecule has 1 unspecified atom stereocenters. The molecule has 0 aromatic rings. The molecule has 0 aliphatic heterocycles. The van der Waals surface area contributed by atoms with Crippen LogP contribution in [0.25, 0.3) is 0 Å². The molecule has 0 radical (unpaired) electrons. The van der Waals surface area contributed by atoms with Crippen LogP contribution < -0.4 is 5.32 Å². The maximum Gasteiger partial charge on any atom is 0.330 e. The summed E-state index contributed by atoms with van der Waals surface area (Å²) in [5, 5.41) is 11.5. The number of esters is 1. The Kier molecular flexibility index (Phi) is 6.24. The predicted octanol–water partition coefficient (Wildman–Crippen LogP) is 1.11. The van der Waals surface area contributed by atoms with Crippen LogP contribution in [0.15, 0.2) is 12.7 Å². The van der Waals surface area contributed by atoms with Crippen molar-refractivity contribution in [2.24, 2.45) is 5.92 Å². The number of carbonyl (C=O) groups is 3. The van der Waals surface area contributed by atoms with E-state index in [1.165, 1.54) is 13.0 Å². The van der Waals surface area contributed by atoms with Crippen LogP contribution in [0.3, 0.4) is 0 Å². The van der Waals surface area contributed by atoms with Gasteiger partial charge in [-0.25, -0.2) is 4.79 Å². The quantitative estimate of drug-likeness (QED) is 0.557. The monoisotopic (exact) mass is 271 g/mol. The molecule has 0 spiro atoms. The molecule has 0 aromatic heterocycles. The molecule has 6 heteroatoms. The number of nitrogens with one attached hydrogen (secondary N) is 1. The summed E-state index contributed by atoms with van der Waals surface area (Å²) in [4.78, 5) is 34.3. The molecule has 108 valence electrons. The number of carbonyl (C=O) groups excluding carboxylic acids is 2. The molecule has 0 rings (SSSR count). The Morgan fingerprint density at radius 3 is 2.21 bits per heavy atom. The van der Waals surface area contributed by atoms with Crippen LogP contribution in [0, 0.1) is 5.92 Å². The van der Waals surface area contributed by atoms with E-state index in [4.69, 9.17) is 9.84 Å².